The summed E-state index contributed by atoms with van der Waals surface area (Å²) in [4.78, 5) is 15.3. The van der Waals surface area contributed by atoms with Crippen LogP contribution in [0.25, 0.3) is 0 Å². The monoisotopic (exact) mass is 561 g/mol. The first kappa shape index (κ1) is 25.8. The van der Waals surface area contributed by atoms with E-state index in [2.05, 4.69) is 33.9 Å². The number of rotatable bonds is 7. The number of guanidine groups is 1. The second-order valence-corrected chi connectivity index (χ2v) is 8.75. The van der Waals surface area contributed by atoms with Crippen molar-refractivity contribution in [3.8, 4) is 5.75 Å². The van der Waals surface area contributed by atoms with E-state index >= 15 is 0 Å². The van der Waals surface area contributed by atoms with Gasteiger partial charge in [-0.3, -0.25) is 9.89 Å². The zero-order valence-electron chi connectivity index (χ0n) is 18.8. The molecule has 1 N–H and O–H groups in total. The number of ether oxygens (including phenoxy) is 1. The Morgan fingerprint density at radius 3 is 2.58 bits per heavy atom. The van der Waals surface area contributed by atoms with Gasteiger partial charge in [0.15, 0.2) is 17.5 Å². The van der Waals surface area contributed by atoms with Crippen molar-refractivity contribution in [2.24, 2.45) is 4.99 Å². The molecule has 0 radical (unpaired) electrons. The van der Waals surface area contributed by atoms with Gasteiger partial charge in [-0.25, -0.2) is 9.37 Å². The predicted molar refractivity (Wildman–Crippen MR) is 136 cm³/mol. The summed E-state index contributed by atoms with van der Waals surface area (Å²) in [5.41, 5.74) is 2.10. The molecule has 6 nitrogen and oxygen atoms in total. The van der Waals surface area contributed by atoms with Gasteiger partial charge < -0.3 is 15.0 Å². The predicted octanol–water partition coefficient (Wildman–Crippen LogP) is 3.85. The summed E-state index contributed by atoms with van der Waals surface area (Å²) < 4.78 is 18.9. The normalized spacial score (nSPS) is 15.0. The lowest BCUT2D eigenvalue weighted by atomic mass is 10.2. The average Bonchev–Trinajstić information content (AvgIpc) is 3.05. The summed E-state index contributed by atoms with van der Waals surface area (Å²) in [6.45, 7) is 12.2. The van der Waals surface area contributed by atoms with Gasteiger partial charge in [-0.05, 0) is 38.5 Å². The minimum Gasteiger partial charge on any atom is -0.494 e. The van der Waals surface area contributed by atoms with E-state index in [-0.39, 0.29) is 29.8 Å². The van der Waals surface area contributed by atoms with E-state index in [1.54, 1.807) is 23.5 Å². The summed E-state index contributed by atoms with van der Waals surface area (Å²) in [6, 6.07) is 5.20. The summed E-state index contributed by atoms with van der Waals surface area (Å²) in [6.07, 6.45) is 0.926. The number of piperazine rings is 1. The van der Waals surface area contributed by atoms with E-state index in [1.807, 2.05) is 13.0 Å². The van der Waals surface area contributed by atoms with Gasteiger partial charge in [0.2, 0.25) is 0 Å². The number of aliphatic imine (C=N–C) groups is 1. The van der Waals surface area contributed by atoms with Crippen molar-refractivity contribution in [1.29, 1.82) is 0 Å². The Morgan fingerprint density at radius 2 is 2.00 bits per heavy atom. The van der Waals surface area contributed by atoms with Gasteiger partial charge in [-0.15, -0.1) is 35.3 Å². The molecule has 1 saturated heterocycles. The highest BCUT2D eigenvalue weighted by Crippen LogP contribution is 2.20. The van der Waals surface area contributed by atoms with Crippen molar-refractivity contribution in [3.63, 3.8) is 0 Å². The number of hydrogen-bond acceptors (Lipinski definition) is 5. The van der Waals surface area contributed by atoms with E-state index in [0.29, 0.717) is 5.75 Å². The van der Waals surface area contributed by atoms with Crippen molar-refractivity contribution in [2.45, 2.75) is 33.7 Å². The summed E-state index contributed by atoms with van der Waals surface area (Å²) >= 11 is 1.76. The molecule has 172 valence electrons. The Hall–Kier alpha value is -1.46. The molecule has 1 aromatic carbocycles. The fourth-order valence-electron chi connectivity index (χ4n) is 3.68. The number of hydrogen-bond donors (Lipinski definition) is 1. The van der Waals surface area contributed by atoms with Crippen LogP contribution in [0.1, 0.15) is 28.1 Å². The Labute approximate surface area is 205 Å². The molecule has 0 saturated carbocycles. The molecule has 0 amide bonds. The first-order valence-electron chi connectivity index (χ1n) is 10.5. The van der Waals surface area contributed by atoms with Gasteiger partial charge in [-0.1, -0.05) is 6.07 Å². The molecule has 0 bridgehead atoms. The molecule has 0 spiro atoms. The van der Waals surface area contributed by atoms with Crippen LogP contribution < -0.4 is 10.1 Å². The van der Waals surface area contributed by atoms with Gasteiger partial charge in [0.05, 0.1) is 17.8 Å². The van der Waals surface area contributed by atoms with Crippen molar-refractivity contribution < 1.29 is 9.13 Å². The van der Waals surface area contributed by atoms with Gasteiger partial charge in [-0.2, -0.15) is 0 Å². The zero-order valence-corrected chi connectivity index (χ0v) is 21.9. The lowest BCUT2D eigenvalue weighted by molar-refractivity contribution is 0.172. The molecule has 3 rings (SSSR count). The van der Waals surface area contributed by atoms with Gasteiger partial charge in [0.25, 0.3) is 0 Å². The van der Waals surface area contributed by atoms with Crippen LogP contribution in [0.15, 0.2) is 23.2 Å². The standard InChI is InChI=1S/C22H32FN5OS.HI/c1-5-24-22(25-9-8-21-16(2)26-17(3)30-21)28-12-10-27(11-13-28)15-18-6-7-20(29-4)19(23)14-18;/h6-7,14H,5,8-13,15H2,1-4H3,(H,24,25);1H. The number of halogens is 2. The molecule has 2 aromatic rings. The molecular formula is C22H33FIN5OS. The van der Waals surface area contributed by atoms with Gasteiger partial charge in [0.1, 0.15) is 0 Å². The fourth-order valence-corrected chi connectivity index (χ4v) is 4.60. The molecule has 1 aliphatic rings. The van der Waals surface area contributed by atoms with Crippen LogP contribution in [0.5, 0.6) is 5.75 Å². The van der Waals surface area contributed by atoms with E-state index in [4.69, 9.17) is 9.73 Å². The minimum absolute atomic E-state index is 0. The Balaban J connectivity index is 0.00000341. The smallest absolute Gasteiger partial charge is 0.194 e. The molecule has 1 fully saturated rings. The quantitative estimate of drug-likeness (QED) is 0.316. The van der Waals surface area contributed by atoms with Crippen LogP contribution >= 0.6 is 35.3 Å². The number of methoxy groups -OCH3 is 1. The number of aromatic nitrogens is 1. The molecule has 0 atom stereocenters. The van der Waals surface area contributed by atoms with Crippen molar-refractivity contribution in [3.05, 3.63) is 45.2 Å². The number of aryl methyl sites for hydroxylation is 2. The van der Waals surface area contributed by atoms with E-state index in [1.165, 1.54) is 12.0 Å². The van der Waals surface area contributed by atoms with E-state index in [0.717, 1.165) is 74.5 Å². The lowest BCUT2D eigenvalue weighted by Crippen LogP contribution is -2.52. The summed E-state index contributed by atoms with van der Waals surface area (Å²) in [5, 5.41) is 4.54. The third-order valence-electron chi connectivity index (χ3n) is 5.23. The Kier molecular flexibility index (Phi) is 10.4. The molecular weight excluding hydrogens is 528 g/mol. The number of nitrogens with zero attached hydrogens (tertiary/aromatic N) is 4. The SMILES string of the molecule is CCNC(=NCCc1sc(C)nc1C)N1CCN(Cc2ccc(OC)c(F)c2)CC1.I. The van der Waals surface area contributed by atoms with Crippen LogP contribution in [0.4, 0.5) is 4.39 Å². The fraction of sp³-hybridized carbons (Fsp3) is 0.545. The largest absolute Gasteiger partial charge is 0.494 e. The summed E-state index contributed by atoms with van der Waals surface area (Å²) in [7, 11) is 1.49. The first-order valence-corrected chi connectivity index (χ1v) is 11.3. The second kappa shape index (κ2) is 12.5. The molecule has 9 heteroatoms. The van der Waals surface area contributed by atoms with Gasteiger partial charge in [0, 0.05) is 57.1 Å². The number of nitrogens with one attached hydrogen (secondary N) is 1. The van der Waals surface area contributed by atoms with Crippen LogP contribution in [-0.4, -0.2) is 67.1 Å². The molecule has 31 heavy (non-hydrogen) atoms. The lowest BCUT2D eigenvalue weighted by Gasteiger charge is -2.36. The second-order valence-electron chi connectivity index (χ2n) is 7.46. The molecule has 1 aliphatic heterocycles. The third-order valence-corrected chi connectivity index (χ3v) is 6.36. The maximum Gasteiger partial charge on any atom is 0.194 e. The van der Waals surface area contributed by atoms with E-state index < -0.39 is 0 Å². The average molecular weight is 562 g/mol. The van der Waals surface area contributed by atoms with E-state index in [9.17, 15) is 4.39 Å². The maximum atomic E-state index is 13.9. The first-order chi connectivity index (χ1) is 14.5. The van der Waals surface area contributed by atoms with Crippen LogP contribution in [0.2, 0.25) is 0 Å². The Morgan fingerprint density at radius 1 is 1.26 bits per heavy atom. The molecule has 0 aliphatic carbocycles. The highest BCUT2D eigenvalue weighted by atomic mass is 127. The molecule has 2 heterocycles. The maximum absolute atomic E-state index is 13.9. The van der Waals surface area contributed by atoms with Crippen LogP contribution in [0, 0.1) is 19.7 Å². The Bertz CT molecular complexity index is 868. The summed E-state index contributed by atoms with van der Waals surface area (Å²) in [5.74, 6) is 0.965. The third kappa shape index (κ3) is 7.28. The van der Waals surface area contributed by atoms with Crippen molar-refractivity contribution in [1.82, 2.24) is 20.1 Å². The minimum atomic E-state index is -0.304. The number of thiazole rings is 1. The highest BCUT2D eigenvalue weighted by molar-refractivity contribution is 14.0. The van der Waals surface area contributed by atoms with Crippen LogP contribution in [-0.2, 0) is 13.0 Å². The highest BCUT2D eigenvalue weighted by Gasteiger charge is 2.20. The van der Waals surface area contributed by atoms with Crippen molar-refractivity contribution >= 4 is 41.3 Å². The zero-order chi connectivity index (χ0) is 21.5. The molecule has 1 aromatic heterocycles. The molecule has 0 unspecified atom stereocenters. The topological polar surface area (TPSA) is 53.0 Å². The number of benzene rings is 1. The van der Waals surface area contributed by atoms with Gasteiger partial charge >= 0.3 is 0 Å². The van der Waals surface area contributed by atoms with Crippen molar-refractivity contribution in [2.75, 3.05) is 46.4 Å². The van der Waals surface area contributed by atoms with Crippen LogP contribution in [0.3, 0.4) is 0 Å².